The lowest BCUT2D eigenvalue weighted by atomic mass is 10.1. The molecule has 0 atom stereocenters. The molecule has 102 valence electrons. The fourth-order valence-electron chi connectivity index (χ4n) is 1.85. The molecule has 22 heavy (non-hydrogen) atoms. The summed E-state index contributed by atoms with van der Waals surface area (Å²) in [5.41, 5.74) is 3.58. The standard InChI is InChI=1S/C20H12N2/c1-2-8-20(12-10-18-6-4-14-22-16-18)19(7-1)11-9-17-5-3-13-21-15-17/h1-8,13-16H. The van der Waals surface area contributed by atoms with E-state index in [1.807, 2.05) is 48.5 Å². The highest BCUT2D eigenvalue weighted by atomic mass is 14.6. The summed E-state index contributed by atoms with van der Waals surface area (Å²) in [5.74, 6) is 12.5. The first kappa shape index (κ1) is 13.6. The summed E-state index contributed by atoms with van der Waals surface area (Å²) in [4.78, 5) is 8.12. The molecule has 0 bridgehead atoms. The van der Waals surface area contributed by atoms with E-state index in [0.717, 1.165) is 22.3 Å². The van der Waals surface area contributed by atoms with Crippen molar-refractivity contribution in [3.05, 3.63) is 95.6 Å². The maximum Gasteiger partial charge on any atom is 0.0432 e. The average Bonchev–Trinajstić information content (AvgIpc) is 2.61. The van der Waals surface area contributed by atoms with Gasteiger partial charge in [0.15, 0.2) is 0 Å². The Morgan fingerprint density at radius 2 is 1.05 bits per heavy atom. The molecule has 2 heteroatoms. The highest BCUT2D eigenvalue weighted by Crippen LogP contribution is 2.06. The molecule has 0 aliphatic rings. The molecule has 0 aliphatic heterocycles. The van der Waals surface area contributed by atoms with E-state index in [0.29, 0.717) is 0 Å². The van der Waals surface area contributed by atoms with Crippen LogP contribution in [0.5, 0.6) is 0 Å². The number of aromatic nitrogens is 2. The molecule has 2 heterocycles. The molecule has 1 aromatic carbocycles. The number of hydrogen-bond donors (Lipinski definition) is 0. The van der Waals surface area contributed by atoms with Crippen molar-refractivity contribution in [3.8, 4) is 23.7 Å². The van der Waals surface area contributed by atoms with Gasteiger partial charge in [0, 0.05) is 47.0 Å². The van der Waals surface area contributed by atoms with Crippen molar-refractivity contribution in [2.75, 3.05) is 0 Å². The maximum absolute atomic E-state index is 4.06. The van der Waals surface area contributed by atoms with Gasteiger partial charge in [-0.15, -0.1) is 0 Å². The number of hydrogen-bond acceptors (Lipinski definition) is 2. The van der Waals surface area contributed by atoms with Crippen LogP contribution in [0.25, 0.3) is 0 Å². The summed E-state index contributed by atoms with van der Waals surface area (Å²) in [7, 11) is 0. The van der Waals surface area contributed by atoms with Gasteiger partial charge >= 0.3 is 0 Å². The second-order valence-electron chi connectivity index (χ2n) is 4.53. The molecule has 0 saturated carbocycles. The molecule has 0 spiro atoms. The van der Waals surface area contributed by atoms with Gasteiger partial charge in [0.2, 0.25) is 0 Å². The molecule has 3 rings (SSSR count). The lowest BCUT2D eigenvalue weighted by Gasteiger charge is -1.95. The van der Waals surface area contributed by atoms with Gasteiger partial charge in [-0.25, -0.2) is 0 Å². The molecule has 0 fully saturated rings. The number of rotatable bonds is 0. The van der Waals surface area contributed by atoms with Crippen molar-refractivity contribution in [2.45, 2.75) is 0 Å². The Bertz CT molecular complexity index is 800. The third-order valence-corrected chi connectivity index (χ3v) is 2.93. The molecule has 0 saturated heterocycles. The highest BCUT2D eigenvalue weighted by Gasteiger charge is 1.95. The van der Waals surface area contributed by atoms with Gasteiger partial charge in [0.05, 0.1) is 0 Å². The zero-order valence-corrected chi connectivity index (χ0v) is 11.8. The number of pyridine rings is 2. The van der Waals surface area contributed by atoms with Crippen LogP contribution in [0.4, 0.5) is 0 Å². The summed E-state index contributed by atoms with van der Waals surface area (Å²) in [5, 5.41) is 0. The molecule has 0 unspecified atom stereocenters. The summed E-state index contributed by atoms with van der Waals surface area (Å²) >= 11 is 0. The molecule has 2 aromatic heterocycles. The SMILES string of the molecule is C(#Cc1ccccc1C#Cc1cccnc1)c1cccnc1. The summed E-state index contributed by atoms with van der Waals surface area (Å²) < 4.78 is 0. The normalized spacial score (nSPS) is 9.09. The summed E-state index contributed by atoms with van der Waals surface area (Å²) in [6.07, 6.45) is 6.96. The fraction of sp³-hybridized carbons (Fsp3) is 0. The lowest BCUT2D eigenvalue weighted by molar-refractivity contribution is 1.31. The highest BCUT2D eigenvalue weighted by molar-refractivity contribution is 5.53. The van der Waals surface area contributed by atoms with E-state index in [1.54, 1.807) is 24.8 Å². The molecular formula is C20H12N2. The van der Waals surface area contributed by atoms with Crippen LogP contribution in [0.3, 0.4) is 0 Å². The summed E-state index contributed by atoms with van der Waals surface area (Å²) in [6.45, 7) is 0. The molecule has 0 aliphatic carbocycles. The topological polar surface area (TPSA) is 25.8 Å². The Morgan fingerprint density at radius 3 is 1.45 bits per heavy atom. The van der Waals surface area contributed by atoms with Crippen LogP contribution in [0, 0.1) is 23.7 Å². The van der Waals surface area contributed by atoms with Crippen LogP contribution in [0.1, 0.15) is 22.3 Å². The van der Waals surface area contributed by atoms with Crippen molar-refractivity contribution in [1.82, 2.24) is 9.97 Å². The van der Waals surface area contributed by atoms with Crippen molar-refractivity contribution in [1.29, 1.82) is 0 Å². The Hall–Kier alpha value is -3.36. The minimum atomic E-state index is 0.887. The predicted octanol–water partition coefficient (Wildman–Crippen LogP) is 3.28. The van der Waals surface area contributed by atoms with E-state index >= 15 is 0 Å². The van der Waals surface area contributed by atoms with E-state index in [9.17, 15) is 0 Å². The first-order chi connectivity index (χ1) is 10.9. The van der Waals surface area contributed by atoms with Crippen LogP contribution >= 0.6 is 0 Å². The van der Waals surface area contributed by atoms with E-state index in [4.69, 9.17) is 0 Å². The molecule has 0 radical (unpaired) electrons. The number of benzene rings is 1. The Morgan fingerprint density at radius 1 is 0.545 bits per heavy atom. The van der Waals surface area contributed by atoms with E-state index in [1.165, 1.54) is 0 Å². The predicted molar refractivity (Wildman–Crippen MR) is 86.9 cm³/mol. The van der Waals surface area contributed by atoms with Gasteiger partial charge < -0.3 is 0 Å². The van der Waals surface area contributed by atoms with Gasteiger partial charge in [0.1, 0.15) is 0 Å². The van der Waals surface area contributed by atoms with Crippen molar-refractivity contribution < 1.29 is 0 Å². The van der Waals surface area contributed by atoms with Crippen LogP contribution < -0.4 is 0 Å². The largest absolute Gasteiger partial charge is 0.263 e. The molecular weight excluding hydrogens is 268 g/mol. The van der Waals surface area contributed by atoms with Crippen LogP contribution in [-0.2, 0) is 0 Å². The van der Waals surface area contributed by atoms with Crippen LogP contribution in [0.15, 0.2) is 73.3 Å². The fourth-order valence-corrected chi connectivity index (χ4v) is 1.85. The zero-order chi connectivity index (χ0) is 15.0. The van der Waals surface area contributed by atoms with Gasteiger partial charge in [-0.2, -0.15) is 0 Å². The minimum absolute atomic E-state index is 0.887. The molecule has 0 amide bonds. The second-order valence-corrected chi connectivity index (χ2v) is 4.53. The molecule has 3 aromatic rings. The summed E-state index contributed by atoms with van der Waals surface area (Å²) in [6, 6.07) is 15.5. The van der Waals surface area contributed by atoms with Crippen LogP contribution in [0.2, 0.25) is 0 Å². The average molecular weight is 280 g/mol. The van der Waals surface area contributed by atoms with Gasteiger partial charge in [0.25, 0.3) is 0 Å². The Labute approximate surface area is 129 Å². The van der Waals surface area contributed by atoms with Gasteiger partial charge in [-0.3, -0.25) is 9.97 Å². The monoisotopic (exact) mass is 280 g/mol. The lowest BCUT2D eigenvalue weighted by Crippen LogP contribution is -1.84. The Kier molecular flexibility index (Phi) is 4.26. The quantitative estimate of drug-likeness (QED) is 0.591. The van der Waals surface area contributed by atoms with E-state index in [-0.39, 0.29) is 0 Å². The molecule has 2 nitrogen and oxygen atoms in total. The van der Waals surface area contributed by atoms with Crippen molar-refractivity contribution in [2.24, 2.45) is 0 Å². The third-order valence-electron chi connectivity index (χ3n) is 2.93. The minimum Gasteiger partial charge on any atom is -0.263 e. The van der Waals surface area contributed by atoms with Crippen molar-refractivity contribution in [3.63, 3.8) is 0 Å². The van der Waals surface area contributed by atoms with Gasteiger partial charge in [-0.05, 0) is 36.4 Å². The number of nitrogens with zero attached hydrogens (tertiary/aromatic N) is 2. The van der Waals surface area contributed by atoms with E-state index < -0.39 is 0 Å². The first-order valence-electron chi connectivity index (χ1n) is 6.85. The van der Waals surface area contributed by atoms with Crippen molar-refractivity contribution >= 4 is 0 Å². The maximum atomic E-state index is 4.06. The first-order valence-corrected chi connectivity index (χ1v) is 6.85. The third kappa shape index (κ3) is 3.60. The second kappa shape index (κ2) is 6.88. The van der Waals surface area contributed by atoms with E-state index in [2.05, 4.69) is 33.6 Å². The smallest absolute Gasteiger partial charge is 0.0432 e. The zero-order valence-electron chi connectivity index (χ0n) is 11.8. The van der Waals surface area contributed by atoms with Crippen LogP contribution in [-0.4, -0.2) is 9.97 Å². The molecule has 0 N–H and O–H groups in total. The van der Waals surface area contributed by atoms with Gasteiger partial charge in [-0.1, -0.05) is 35.8 Å². The Balaban J connectivity index is 1.92.